The average molecular weight is 283 g/mol. The van der Waals surface area contributed by atoms with Crippen molar-refractivity contribution in [1.29, 1.82) is 0 Å². The van der Waals surface area contributed by atoms with Gasteiger partial charge in [-0.05, 0) is 39.8 Å². The number of likely N-dealkylation sites (tertiary alicyclic amines) is 1. The largest absolute Gasteiger partial charge is 0.393 e. The molecule has 2 atom stereocenters. The van der Waals surface area contributed by atoms with Gasteiger partial charge in [0.1, 0.15) is 0 Å². The topological polar surface area (TPSA) is 30.0 Å². The van der Waals surface area contributed by atoms with E-state index in [2.05, 4.69) is 21.7 Å². The van der Waals surface area contributed by atoms with Crippen LogP contribution in [0, 0.1) is 0 Å². The van der Waals surface area contributed by atoms with E-state index >= 15 is 0 Å². The van der Waals surface area contributed by atoms with E-state index in [9.17, 15) is 5.11 Å². The molecule has 0 aromatic rings. The number of aliphatic hydroxyl groups excluding tert-OH is 1. The Bertz CT molecular complexity index is 264. The van der Waals surface area contributed by atoms with Crippen LogP contribution in [0.1, 0.15) is 39.0 Å². The van der Waals surface area contributed by atoms with Gasteiger partial charge in [0, 0.05) is 45.3 Å². The number of hydrogen-bond acceptors (Lipinski definition) is 4. The molecule has 0 aromatic heterocycles. The summed E-state index contributed by atoms with van der Waals surface area (Å²) in [6.07, 6.45) is 6.09. The fourth-order valence-electron chi connectivity index (χ4n) is 3.53. The zero-order valence-electron chi connectivity index (χ0n) is 13.4. The predicted octanol–water partition coefficient (Wildman–Crippen LogP) is 1.25. The number of hydrogen-bond donors (Lipinski definition) is 1. The highest BCUT2D eigenvalue weighted by molar-refractivity contribution is 4.79. The molecule has 0 amide bonds. The lowest BCUT2D eigenvalue weighted by Crippen LogP contribution is -2.48. The van der Waals surface area contributed by atoms with E-state index in [-0.39, 0.29) is 6.10 Å². The average Bonchev–Trinajstić information content (AvgIpc) is 2.63. The molecule has 0 spiro atoms. The second-order valence-electron chi connectivity index (χ2n) is 6.77. The van der Waals surface area contributed by atoms with E-state index in [0.29, 0.717) is 6.04 Å². The molecule has 0 aliphatic carbocycles. The quantitative estimate of drug-likeness (QED) is 0.822. The highest BCUT2D eigenvalue weighted by Gasteiger charge is 2.23. The lowest BCUT2D eigenvalue weighted by atomic mass is 10.0. The van der Waals surface area contributed by atoms with Crippen molar-refractivity contribution in [1.82, 2.24) is 14.7 Å². The van der Waals surface area contributed by atoms with E-state index in [0.717, 1.165) is 6.42 Å². The first-order valence-corrected chi connectivity index (χ1v) is 8.48. The smallest absolute Gasteiger partial charge is 0.0527 e. The first-order chi connectivity index (χ1) is 9.65. The maximum absolute atomic E-state index is 9.72. The lowest BCUT2D eigenvalue weighted by molar-refractivity contribution is 0.0914. The molecule has 118 valence electrons. The Morgan fingerprint density at radius 1 is 1.00 bits per heavy atom. The number of likely N-dealkylation sites (N-methyl/N-ethyl adjacent to an activating group) is 1. The third-order valence-corrected chi connectivity index (χ3v) is 4.91. The summed E-state index contributed by atoms with van der Waals surface area (Å²) < 4.78 is 0. The Morgan fingerprint density at radius 3 is 2.45 bits per heavy atom. The van der Waals surface area contributed by atoms with Crippen LogP contribution in [0.4, 0.5) is 0 Å². The SMILES string of the molecule is CC(O)CC1CCCCCN1CCN1CCN(C)CC1. The van der Waals surface area contributed by atoms with Crippen LogP contribution in [0.15, 0.2) is 0 Å². The highest BCUT2D eigenvalue weighted by Crippen LogP contribution is 2.20. The molecule has 0 saturated carbocycles. The minimum Gasteiger partial charge on any atom is -0.393 e. The maximum atomic E-state index is 9.72. The van der Waals surface area contributed by atoms with Gasteiger partial charge in [0.25, 0.3) is 0 Å². The first kappa shape index (κ1) is 16.2. The number of aliphatic hydroxyl groups is 1. The van der Waals surface area contributed by atoms with Gasteiger partial charge >= 0.3 is 0 Å². The van der Waals surface area contributed by atoms with Crippen LogP contribution in [0.5, 0.6) is 0 Å². The standard InChI is InChI=1S/C16H33N3O/c1-15(20)14-16-6-4-3-5-7-19(16)13-12-18-10-8-17(2)9-11-18/h15-16,20H,3-14H2,1-2H3. The van der Waals surface area contributed by atoms with Crippen molar-refractivity contribution in [3.63, 3.8) is 0 Å². The zero-order valence-corrected chi connectivity index (χ0v) is 13.4. The van der Waals surface area contributed by atoms with E-state index < -0.39 is 0 Å². The third kappa shape index (κ3) is 5.32. The Labute approximate surface area is 124 Å². The summed E-state index contributed by atoms with van der Waals surface area (Å²) in [4.78, 5) is 7.67. The summed E-state index contributed by atoms with van der Waals surface area (Å²) >= 11 is 0. The Morgan fingerprint density at radius 2 is 1.75 bits per heavy atom. The monoisotopic (exact) mass is 283 g/mol. The van der Waals surface area contributed by atoms with Gasteiger partial charge in [0.2, 0.25) is 0 Å². The number of nitrogens with zero attached hydrogens (tertiary/aromatic N) is 3. The minimum atomic E-state index is -0.163. The molecule has 4 heteroatoms. The zero-order chi connectivity index (χ0) is 14.4. The maximum Gasteiger partial charge on any atom is 0.0527 e. The second kappa shape index (κ2) is 8.32. The Hall–Kier alpha value is -0.160. The molecule has 0 radical (unpaired) electrons. The minimum absolute atomic E-state index is 0.163. The normalized spacial score (nSPS) is 29.2. The van der Waals surface area contributed by atoms with Crippen LogP contribution in [0.25, 0.3) is 0 Å². The molecule has 1 N–H and O–H groups in total. The van der Waals surface area contributed by atoms with Crippen LogP contribution in [0.3, 0.4) is 0 Å². The van der Waals surface area contributed by atoms with Crippen LogP contribution < -0.4 is 0 Å². The van der Waals surface area contributed by atoms with Gasteiger partial charge in [-0.2, -0.15) is 0 Å². The van der Waals surface area contributed by atoms with Gasteiger partial charge < -0.3 is 10.0 Å². The van der Waals surface area contributed by atoms with Gasteiger partial charge in [-0.3, -0.25) is 9.80 Å². The summed E-state index contributed by atoms with van der Waals surface area (Å²) in [7, 11) is 2.21. The second-order valence-corrected chi connectivity index (χ2v) is 6.77. The summed E-state index contributed by atoms with van der Waals surface area (Å²) in [5.74, 6) is 0. The van der Waals surface area contributed by atoms with E-state index in [1.807, 2.05) is 6.92 Å². The molecule has 0 aromatic carbocycles. The van der Waals surface area contributed by atoms with Gasteiger partial charge in [0.05, 0.1) is 6.10 Å². The molecule has 20 heavy (non-hydrogen) atoms. The fourth-order valence-corrected chi connectivity index (χ4v) is 3.53. The van der Waals surface area contributed by atoms with Crippen molar-refractivity contribution >= 4 is 0 Å². The molecule has 2 unspecified atom stereocenters. The fraction of sp³-hybridized carbons (Fsp3) is 1.00. The van der Waals surface area contributed by atoms with Crippen molar-refractivity contribution in [3.8, 4) is 0 Å². The van der Waals surface area contributed by atoms with E-state index in [1.54, 1.807) is 0 Å². The molecule has 2 saturated heterocycles. The molecule has 0 bridgehead atoms. The summed E-state index contributed by atoms with van der Waals surface area (Å²) in [5.41, 5.74) is 0. The van der Waals surface area contributed by atoms with E-state index in [1.165, 1.54) is 71.5 Å². The van der Waals surface area contributed by atoms with Crippen LogP contribution >= 0.6 is 0 Å². The summed E-state index contributed by atoms with van der Waals surface area (Å²) in [6.45, 7) is 10.4. The Balaban J connectivity index is 1.78. The van der Waals surface area contributed by atoms with E-state index in [4.69, 9.17) is 0 Å². The molecule has 2 heterocycles. The lowest BCUT2D eigenvalue weighted by Gasteiger charge is -2.36. The van der Waals surface area contributed by atoms with Crippen molar-refractivity contribution < 1.29 is 5.11 Å². The van der Waals surface area contributed by atoms with Gasteiger partial charge in [-0.25, -0.2) is 0 Å². The Kier molecular flexibility index (Phi) is 6.75. The molecule has 4 nitrogen and oxygen atoms in total. The number of rotatable bonds is 5. The molecular weight excluding hydrogens is 250 g/mol. The molecule has 2 aliphatic heterocycles. The van der Waals surface area contributed by atoms with Crippen LogP contribution in [-0.4, -0.2) is 84.8 Å². The molecule has 2 aliphatic rings. The van der Waals surface area contributed by atoms with Crippen LogP contribution in [0.2, 0.25) is 0 Å². The summed E-state index contributed by atoms with van der Waals surface area (Å²) in [6, 6.07) is 0.602. The highest BCUT2D eigenvalue weighted by atomic mass is 16.3. The van der Waals surface area contributed by atoms with Gasteiger partial charge in [-0.15, -0.1) is 0 Å². The van der Waals surface area contributed by atoms with Crippen molar-refractivity contribution in [3.05, 3.63) is 0 Å². The first-order valence-electron chi connectivity index (χ1n) is 8.48. The molecular formula is C16H33N3O. The van der Waals surface area contributed by atoms with Gasteiger partial charge in [-0.1, -0.05) is 12.8 Å². The predicted molar refractivity (Wildman–Crippen MR) is 84.1 cm³/mol. The molecule has 2 fully saturated rings. The number of piperazine rings is 1. The summed E-state index contributed by atoms with van der Waals surface area (Å²) in [5, 5.41) is 9.72. The third-order valence-electron chi connectivity index (χ3n) is 4.91. The molecule has 2 rings (SSSR count). The van der Waals surface area contributed by atoms with Crippen molar-refractivity contribution in [2.45, 2.75) is 51.2 Å². The van der Waals surface area contributed by atoms with Gasteiger partial charge in [0.15, 0.2) is 0 Å². The van der Waals surface area contributed by atoms with Crippen LogP contribution in [-0.2, 0) is 0 Å². The van der Waals surface area contributed by atoms with Crippen molar-refractivity contribution in [2.24, 2.45) is 0 Å². The van der Waals surface area contributed by atoms with Crippen molar-refractivity contribution in [2.75, 3.05) is 52.9 Å².